The van der Waals surface area contributed by atoms with Crippen molar-refractivity contribution < 1.29 is 14.4 Å². The first-order valence-corrected chi connectivity index (χ1v) is 17.3. The Kier molecular flexibility index (Phi) is 7.51. The van der Waals surface area contributed by atoms with Gasteiger partial charge in [-0.3, -0.25) is 28.8 Å². The molecule has 2 aliphatic heterocycles. The van der Waals surface area contributed by atoms with E-state index in [1.54, 1.807) is 41.8 Å². The molecule has 4 aromatic rings. The molecule has 3 amide bonds. The van der Waals surface area contributed by atoms with E-state index in [1.807, 2.05) is 24.4 Å². The number of nitrogens with two attached hydrogens (primary N) is 1. The number of nitrogens with one attached hydrogen (secondary N) is 2. The van der Waals surface area contributed by atoms with Gasteiger partial charge in [-0.25, -0.2) is 9.88 Å². The van der Waals surface area contributed by atoms with Crippen LogP contribution in [0.5, 0.6) is 0 Å². The molecule has 0 spiro atoms. The molecule has 49 heavy (non-hydrogen) atoms. The first-order chi connectivity index (χ1) is 23.5. The molecule has 2 aromatic carbocycles. The van der Waals surface area contributed by atoms with E-state index >= 15 is 0 Å². The zero-order chi connectivity index (χ0) is 34.1. The molecule has 2 aliphatic carbocycles. The second-order valence-electron chi connectivity index (χ2n) is 14.0. The number of nitrogen functional groups attached to an aromatic ring is 1. The van der Waals surface area contributed by atoms with Crippen LogP contribution < -0.4 is 21.3 Å². The first kappa shape index (κ1) is 31.8. The van der Waals surface area contributed by atoms with Gasteiger partial charge in [0, 0.05) is 34.9 Å². The van der Waals surface area contributed by atoms with Gasteiger partial charge in [-0.1, -0.05) is 35.3 Å². The Labute approximate surface area is 293 Å². The maximum absolute atomic E-state index is 14.4. The number of halogens is 2. The zero-order valence-electron chi connectivity index (χ0n) is 27.0. The van der Waals surface area contributed by atoms with E-state index in [4.69, 9.17) is 28.9 Å². The molecular formula is C36H36Cl2N8O3. The monoisotopic (exact) mass is 698 g/mol. The van der Waals surface area contributed by atoms with Gasteiger partial charge in [0.05, 0.1) is 23.1 Å². The summed E-state index contributed by atoms with van der Waals surface area (Å²) >= 11 is 12.7. The Hall–Kier alpha value is -4.45. The van der Waals surface area contributed by atoms with Crippen LogP contribution >= 0.6 is 23.2 Å². The number of anilines is 3. The molecule has 11 nitrogen and oxygen atoms in total. The lowest BCUT2D eigenvalue weighted by molar-refractivity contribution is -0.125. The lowest BCUT2D eigenvalue weighted by Crippen LogP contribution is -2.52. The molecule has 0 unspecified atom stereocenters. The number of imidazole rings is 1. The summed E-state index contributed by atoms with van der Waals surface area (Å²) in [5.41, 5.74) is 7.14. The van der Waals surface area contributed by atoms with Gasteiger partial charge in [0.2, 0.25) is 11.9 Å². The number of benzene rings is 2. The van der Waals surface area contributed by atoms with Crippen molar-refractivity contribution in [2.75, 3.05) is 23.7 Å². The summed E-state index contributed by atoms with van der Waals surface area (Å²) in [7, 11) is 0. The van der Waals surface area contributed by atoms with Gasteiger partial charge in [-0.2, -0.15) is 0 Å². The molecule has 2 aromatic heterocycles. The average molecular weight is 700 g/mol. The van der Waals surface area contributed by atoms with Crippen LogP contribution in [0.25, 0.3) is 0 Å². The van der Waals surface area contributed by atoms with Crippen LogP contribution in [0.4, 0.5) is 17.3 Å². The highest BCUT2D eigenvalue weighted by Gasteiger charge is 2.57. The number of hydrogen-bond donors (Lipinski definition) is 3. The van der Waals surface area contributed by atoms with Crippen LogP contribution in [-0.4, -0.2) is 55.8 Å². The maximum Gasteiger partial charge on any atom is 0.270 e. The summed E-state index contributed by atoms with van der Waals surface area (Å²) < 4.78 is 1.65. The zero-order valence-corrected chi connectivity index (χ0v) is 28.5. The van der Waals surface area contributed by atoms with Crippen LogP contribution in [-0.2, 0) is 33.6 Å². The number of pyridine rings is 1. The van der Waals surface area contributed by atoms with E-state index in [0.29, 0.717) is 34.3 Å². The number of fused-ring (bicyclic) bond motifs is 1. The van der Waals surface area contributed by atoms with Crippen molar-refractivity contribution in [1.29, 1.82) is 0 Å². The lowest BCUT2D eigenvalue weighted by atomic mass is 9.91. The minimum Gasteiger partial charge on any atom is -0.399 e. The van der Waals surface area contributed by atoms with Gasteiger partial charge in [0.15, 0.2) is 0 Å². The highest BCUT2D eigenvalue weighted by Crippen LogP contribution is 2.48. The molecule has 4 N–H and O–H groups in total. The van der Waals surface area contributed by atoms with E-state index < -0.39 is 22.5 Å². The fourth-order valence-corrected chi connectivity index (χ4v) is 7.53. The van der Waals surface area contributed by atoms with Crippen LogP contribution in [0.3, 0.4) is 0 Å². The third-order valence-electron chi connectivity index (χ3n) is 10.3. The molecule has 252 valence electrons. The predicted octanol–water partition coefficient (Wildman–Crippen LogP) is 5.08. The Balaban J connectivity index is 1.07. The van der Waals surface area contributed by atoms with Crippen LogP contribution in [0.1, 0.15) is 66.3 Å². The summed E-state index contributed by atoms with van der Waals surface area (Å²) in [4.78, 5) is 55.4. The van der Waals surface area contributed by atoms with E-state index in [0.717, 1.165) is 43.7 Å². The second kappa shape index (κ2) is 11.6. The van der Waals surface area contributed by atoms with Gasteiger partial charge < -0.3 is 16.4 Å². The molecule has 8 rings (SSSR count). The molecular weight excluding hydrogens is 663 g/mol. The highest BCUT2D eigenvalue weighted by atomic mass is 35.5. The van der Waals surface area contributed by atoms with E-state index in [9.17, 15) is 14.4 Å². The summed E-state index contributed by atoms with van der Waals surface area (Å²) in [6.45, 7) is 4.85. The average Bonchev–Trinajstić information content (AvgIpc) is 3.95. The number of aromatic nitrogens is 3. The standard InChI is InChI=1S/C36H36Cl2N8O3/c1-34(19-22-3-5-26(39)6-4-22)32(49)45(27-17-24(37)16-25(38)18-27)33-41-20-28(46(33)34)30(47)42-36(10-11-36)31(48)43-35(8-9-35)29-15-23(7-12-40-29)21-44-13-2-14-44/h3-7,12,15-18,20H,2,8-11,13-14,19,21,39H2,1H3,(H,42,47)(H,43,48)/t34-/m1/s1. The van der Waals surface area contributed by atoms with Crippen LogP contribution in [0.2, 0.25) is 10.0 Å². The number of nitrogens with zero attached hydrogens (tertiary/aromatic N) is 5. The molecule has 0 radical (unpaired) electrons. The molecule has 4 heterocycles. The minimum atomic E-state index is -1.26. The van der Waals surface area contributed by atoms with Crippen LogP contribution in [0, 0.1) is 0 Å². The van der Waals surface area contributed by atoms with Crippen molar-refractivity contribution in [3.8, 4) is 0 Å². The lowest BCUT2D eigenvalue weighted by Gasteiger charge is -2.31. The quantitative estimate of drug-likeness (QED) is 0.197. The Bertz CT molecular complexity index is 1980. The predicted molar refractivity (Wildman–Crippen MR) is 187 cm³/mol. The fourth-order valence-electron chi connectivity index (χ4n) is 7.02. The van der Waals surface area contributed by atoms with Gasteiger partial charge in [-0.05, 0) is 106 Å². The summed E-state index contributed by atoms with van der Waals surface area (Å²) in [5.74, 6) is -0.779. The number of hydrogen-bond acceptors (Lipinski definition) is 7. The SMILES string of the molecule is C[C@@]1(Cc2ccc(N)cc2)C(=O)N(c2cc(Cl)cc(Cl)c2)c2ncc(C(=O)NC3(C(=O)NC4(c5cc(CN6CCC6)ccn5)CC4)CC3)n21. The van der Waals surface area contributed by atoms with E-state index in [-0.39, 0.29) is 29.9 Å². The van der Waals surface area contributed by atoms with Gasteiger partial charge in [0.1, 0.15) is 16.8 Å². The molecule has 4 aliphatic rings. The second-order valence-corrected chi connectivity index (χ2v) is 14.9. The Morgan fingerprint density at radius 1 is 0.918 bits per heavy atom. The molecule has 13 heteroatoms. The maximum atomic E-state index is 14.4. The topological polar surface area (TPSA) is 138 Å². The largest absolute Gasteiger partial charge is 0.399 e. The minimum absolute atomic E-state index is 0.164. The Morgan fingerprint density at radius 3 is 2.27 bits per heavy atom. The first-order valence-electron chi connectivity index (χ1n) is 16.5. The summed E-state index contributed by atoms with van der Waals surface area (Å²) in [6.07, 6.45) is 7.30. The van der Waals surface area contributed by atoms with E-state index in [2.05, 4.69) is 31.6 Å². The Morgan fingerprint density at radius 2 is 1.63 bits per heavy atom. The van der Waals surface area contributed by atoms with E-state index in [1.165, 1.54) is 23.1 Å². The van der Waals surface area contributed by atoms with Crippen molar-refractivity contribution in [3.63, 3.8) is 0 Å². The summed E-state index contributed by atoms with van der Waals surface area (Å²) in [5, 5.41) is 6.98. The number of rotatable bonds is 10. The molecule has 2 saturated carbocycles. The molecule has 1 saturated heterocycles. The fraction of sp³-hybridized carbons (Fsp3) is 0.361. The molecule has 1 atom stereocenters. The van der Waals surface area contributed by atoms with Crippen LogP contribution in [0.15, 0.2) is 67.0 Å². The van der Waals surface area contributed by atoms with Crippen molar-refractivity contribution >= 4 is 58.2 Å². The van der Waals surface area contributed by atoms with Crippen molar-refractivity contribution in [2.45, 2.75) is 68.6 Å². The number of carbonyl (C=O) groups excluding carboxylic acids is 3. The number of likely N-dealkylation sites (tertiary alicyclic amines) is 1. The van der Waals surface area contributed by atoms with Crippen molar-refractivity contribution in [1.82, 2.24) is 30.1 Å². The summed E-state index contributed by atoms with van der Waals surface area (Å²) in [6, 6.07) is 16.2. The number of carbonyl (C=O) groups is 3. The smallest absolute Gasteiger partial charge is 0.270 e. The van der Waals surface area contributed by atoms with Crippen molar-refractivity contribution in [3.05, 3.63) is 99.6 Å². The third-order valence-corrected chi connectivity index (χ3v) is 10.7. The molecule has 0 bridgehead atoms. The highest BCUT2D eigenvalue weighted by molar-refractivity contribution is 6.35. The third kappa shape index (κ3) is 5.63. The normalized spacial score (nSPS) is 21.5. The van der Waals surface area contributed by atoms with Crippen molar-refractivity contribution in [2.24, 2.45) is 0 Å². The molecule has 3 fully saturated rings. The van der Waals surface area contributed by atoms with Gasteiger partial charge in [0.25, 0.3) is 11.8 Å². The van der Waals surface area contributed by atoms with Gasteiger partial charge >= 0.3 is 0 Å². The number of amides is 3. The van der Waals surface area contributed by atoms with Gasteiger partial charge in [-0.15, -0.1) is 0 Å².